The molecule has 1 aliphatic rings. The number of nitrogens with one attached hydrogen (secondary N) is 1. The van der Waals surface area contributed by atoms with Gasteiger partial charge in [-0.15, -0.1) is 0 Å². The summed E-state index contributed by atoms with van der Waals surface area (Å²) in [6.07, 6.45) is 2.96. The predicted molar refractivity (Wildman–Crippen MR) is 99.6 cm³/mol. The zero-order chi connectivity index (χ0) is 18.1. The molecule has 3 amide bonds. The van der Waals surface area contributed by atoms with Crippen LogP contribution >= 0.6 is 23.1 Å². The highest BCUT2D eigenvalue weighted by atomic mass is 32.2. The number of thiazole rings is 1. The van der Waals surface area contributed by atoms with E-state index in [9.17, 15) is 14.4 Å². The summed E-state index contributed by atoms with van der Waals surface area (Å²) in [6, 6.07) is 10.8. The molecule has 0 radical (unpaired) electrons. The molecule has 1 fully saturated rings. The Morgan fingerprint density at radius 2 is 2.08 bits per heavy atom. The molecule has 0 saturated carbocycles. The SMILES string of the molecule is O=C(CN1C(=O)S/C(=C/c2ccco2)C1=O)Nc1nc2ccccc2s1. The number of hydrogen-bond acceptors (Lipinski definition) is 7. The maximum absolute atomic E-state index is 12.4. The topological polar surface area (TPSA) is 92.5 Å². The van der Waals surface area contributed by atoms with Crippen LogP contribution in [0.1, 0.15) is 5.76 Å². The molecule has 1 aromatic carbocycles. The van der Waals surface area contributed by atoms with Crippen molar-refractivity contribution in [1.82, 2.24) is 9.88 Å². The van der Waals surface area contributed by atoms with E-state index in [1.54, 1.807) is 12.1 Å². The fourth-order valence-electron chi connectivity index (χ4n) is 2.37. The quantitative estimate of drug-likeness (QED) is 0.690. The summed E-state index contributed by atoms with van der Waals surface area (Å²) in [5.41, 5.74) is 0.778. The second-order valence-electron chi connectivity index (χ2n) is 5.32. The van der Waals surface area contributed by atoms with Gasteiger partial charge in [0.2, 0.25) is 5.91 Å². The fraction of sp³-hybridized carbons (Fsp3) is 0.0588. The van der Waals surface area contributed by atoms with Gasteiger partial charge in [-0.25, -0.2) is 4.98 Å². The number of anilines is 1. The molecule has 0 bridgehead atoms. The number of thioether (sulfide) groups is 1. The Labute approximate surface area is 155 Å². The van der Waals surface area contributed by atoms with Gasteiger partial charge in [0.15, 0.2) is 5.13 Å². The van der Waals surface area contributed by atoms with E-state index in [0.29, 0.717) is 10.9 Å². The van der Waals surface area contributed by atoms with E-state index in [0.717, 1.165) is 26.9 Å². The monoisotopic (exact) mass is 385 g/mol. The molecule has 9 heteroatoms. The van der Waals surface area contributed by atoms with Crippen molar-refractivity contribution in [3.05, 3.63) is 53.3 Å². The molecule has 1 N–H and O–H groups in total. The summed E-state index contributed by atoms with van der Waals surface area (Å²) in [5.74, 6) is -0.532. The van der Waals surface area contributed by atoms with Crippen LogP contribution in [0, 0.1) is 0 Å². The van der Waals surface area contributed by atoms with Crippen LogP contribution in [0.2, 0.25) is 0 Å². The number of carbonyl (C=O) groups excluding carboxylic acids is 3. The minimum atomic E-state index is -0.518. The average Bonchev–Trinajstić information content (AvgIpc) is 3.31. The van der Waals surface area contributed by atoms with E-state index in [2.05, 4.69) is 10.3 Å². The minimum absolute atomic E-state index is 0.220. The number of fused-ring (bicyclic) bond motifs is 1. The molecule has 2 aromatic heterocycles. The van der Waals surface area contributed by atoms with Crippen LogP contribution in [0.15, 0.2) is 52.0 Å². The van der Waals surface area contributed by atoms with Crippen molar-refractivity contribution in [2.75, 3.05) is 11.9 Å². The number of aromatic nitrogens is 1. The molecular weight excluding hydrogens is 374 g/mol. The van der Waals surface area contributed by atoms with Crippen molar-refractivity contribution < 1.29 is 18.8 Å². The normalized spacial score (nSPS) is 16.0. The predicted octanol–water partition coefficient (Wildman–Crippen LogP) is 3.56. The Morgan fingerprint density at radius 1 is 1.23 bits per heavy atom. The van der Waals surface area contributed by atoms with E-state index < -0.39 is 17.1 Å². The smallest absolute Gasteiger partial charge is 0.294 e. The van der Waals surface area contributed by atoms with Gasteiger partial charge in [0, 0.05) is 6.08 Å². The molecule has 0 spiro atoms. The Bertz CT molecular complexity index is 1010. The number of rotatable bonds is 4. The molecule has 130 valence electrons. The van der Waals surface area contributed by atoms with Crippen LogP contribution in [-0.2, 0) is 9.59 Å². The number of hydrogen-bond donors (Lipinski definition) is 1. The number of nitrogens with zero attached hydrogens (tertiary/aromatic N) is 2. The molecule has 0 unspecified atom stereocenters. The molecule has 7 nitrogen and oxygen atoms in total. The standard InChI is InChI=1S/C17H11N3O4S2/c21-14(19-16-18-11-5-1-2-6-12(11)25-16)9-20-15(22)13(26-17(20)23)8-10-4-3-7-24-10/h1-8H,9H2,(H,18,19,21)/b13-8+. The van der Waals surface area contributed by atoms with Gasteiger partial charge in [-0.05, 0) is 36.0 Å². The number of amides is 3. The van der Waals surface area contributed by atoms with Crippen LogP contribution in [0.3, 0.4) is 0 Å². The van der Waals surface area contributed by atoms with Crippen LogP contribution < -0.4 is 5.32 Å². The summed E-state index contributed by atoms with van der Waals surface area (Å²) in [7, 11) is 0. The number of para-hydroxylation sites is 1. The summed E-state index contributed by atoms with van der Waals surface area (Å²) in [5, 5.41) is 2.57. The lowest BCUT2D eigenvalue weighted by molar-refractivity contribution is -0.127. The largest absolute Gasteiger partial charge is 0.465 e. The van der Waals surface area contributed by atoms with Crippen LogP contribution in [-0.4, -0.2) is 33.5 Å². The first-order chi connectivity index (χ1) is 12.6. The van der Waals surface area contributed by atoms with Crippen molar-refractivity contribution in [1.29, 1.82) is 0 Å². The van der Waals surface area contributed by atoms with Gasteiger partial charge < -0.3 is 9.73 Å². The molecular formula is C17H11N3O4S2. The Kier molecular flexibility index (Phi) is 4.31. The van der Waals surface area contributed by atoms with Crippen molar-refractivity contribution in [3.8, 4) is 0 Å². The third kappa shape index (κ3) is 3.26. The third-order valence-electron chi connectivity index (χ3n) is 3.53. The zero-order valence-corrected chi connectivity index (χ0v) is 14.8. The lowest BCUT2D eigenvalue weighted by Gasteiger charge is -2.11. The van der Waals surface area contributed by atoms with Crippen molar-refractivity contribution in [3.63, 3.8) is 0 Å². The van der Waals surface area contributed by atoms with E-state index in [1.165, 1.54) is 23.7 Å². The summed E-state index contributed by atoms with van der Waals surface area (Å²) >= 11 is 2.11. The number of carbonyl (C=O) groups is 3. The molecule has 26 heavy (non-hydrogen) atoms. The molecule has 0 aliphatic carbocycles. The van der Waals surface area contributed by atoms with Crippen LogP contribution in [0.25, 0.3) is 16.3 Å². The maximum atomic E-state index is 12.4. The Hall–Kier alpha value is -2.91. The van der Waals surface area contributed by atoms with E-state index in [-0.39, 0.29) is 11.4 Å². The average molecular weight is 385 g/mol. The minimum Gasteiger partial charge on any atom is -0.465 e. The second-order valence-corrected chi connectivity index (χ2v) is 7.34. The first-order valence-corrected chi connectivity index (χ1v) is 9.18. The Balaban J connectivity index is 1.45. The second kappa shape index (κ2) is 6.77. The number of benzene rings is 1. The van der Waals surface area contributed by atoms with Gasteiger partial charge in [-0.1, -0.05) is 23.5 Å². The molecule has 1 saturated heterocycles. The van der Waals surface area contributed by atoms with Crippen molar-refractivity contribution in [2.24, 2.45) is 0 Å². The number of furan rings is 1. The van der Waals surface area contributed by atoms with Crippen LogP contribution in [0.4, 0.5) is 9.93 Å². The molecule has 3 aromatic rings. The molecule has 3 heterocycles. The zero-order valence-electron chi connectivity index (χ0n) is 13.2. The maximum Gasteiger partial charge on any atom is 0.294 e. The Morgan fingerprint density at radius 3 is 2.85 bits per heavy atom. The van der Waals surface area contributed by atoms with Gasteiger partial charge in [0.1, 0.15) is 12.3 Å². The third-order valence-corrected chi connectivity index (χ3v) is 5.39. The van der Waals surface area contributed by atoms with Gasteiger partial charge in [-0.3, -0.25) is 19.3 Å². The van der Waals surface area contributed by atoms with Gasteiger partial charge in [0.25, 0.3) is 11.1 Å². The van der Waals surface area contributed by atoms with E-state index >= 15 is 0 Å². The lowest BCUT2D eigenvalue weighted by Crippen LogP contribution is -2.36. The molecule has 0 atom stereocenters. The summed E-state index contributed by atoms with van der Waals surface area (Å²) < 4.78 is 6.09. The fourth-order valence-corrected chi connectivity index (χ4v) is 4.07. The van der Waals surface area contributed by atoms with Crippen molar-refractivity contribution in [2.45, 2.75) is 0 Å². The number of imide groups is 1. The highest BCUT2D eigenvalue weighted by Gasteiger charge is 2.36. The summed E-state index contributed by atoms with van der Waals surface area (Å²) in [6.45, 7) is -0.365. The highest BCUT2D eigenvalue weighted by molar-refractivity contribution is 8.18. The molecule has 1 aliphatic heterocycles. The highest BCUT2D eigenvalue weighted by Crippen LogP contribution is 2.32. The lowest BCUT2D eigenvalue weighted by atomic mass is 10.3. The van der Waals surface area contributed by atoms with Crippen LogP contribution in [0.5, 0.6) is 0 Å². The van der Waals surface area contributed by atoms with Gasteiger partial charge in [-0.2, -0.15) is 0 Å². The summed E-state index contributed by atoms with van der Waals surface area (Å²) in [4.78, 5) is 42.1. The van der Waals surface area contributed by atoms with Crippen molar-refractivity contribution >= 4 is 61.6 Å². The van der Waals surface area contributed by atoms with E-state index in [4.69, 9.17) is 4.42 Å². The van der Waals surface area contributed by atoms with E-state index in [1.807, 2.05) is 24.3 Å². The van der Waals surface area contributed by atoms with Gasteiger partial charge in [0.05, 0.1) is 21.4 Å². The van der Waals surface area contributed by atoms with Gasteiger partial charge >= 0.3 is 0 Å². The first-order valence-electron chi connectivity index (χ1n) is 7.54. The molecule has 4 rings (SSSR count). The first kappa shape index (κ1) is 16.6.